The summed E-state index contributed by atoms with van der Waals surface area (Å²) < 4.78 is 0. The third kappa shape index (κ3) is 8.43. The molecule has 0 bridgehead atoms. The number of benzene rings is 1. The van der Waals surface area contributed by atoms with Crippen molar-refractivity contribution in [1.29, 1.82) is 0 Å². The molecular formula is C15H25N3S. The van der Waals surface area contributed by atoms with E-state index in [-0.39, 0.29) is 0 Å². The molecule has 19 heavy (non-hydrogen) atoms. The summed E-state index contributed by atoms with van der Waals surface area (Å²) in [5.41, 5.74) is 7.05. The number of unbranched alkanes of at least 4 members (excludes halogenated alkanes) is 5. The fourth-order valence-electron chi connectivity index (χ4n) is 1.80. The molecule has 0 aromatic heterocycles. The predicted molar refractivity (Wildman–Crippen MR) is 87.2 cm³/mol. The van der Waals surface area contributed by atoms with E-state index in [1.807, 2.05) is 30.3 Å². The molecule has 1 rings (SSSR count). The highest BCUT2D eigenvalue weighted by atomic mass is 32.1. The van der Waals surface area contributed by atoms with Gasteiger partial charge >= 0.3 is 0 Å². The van der Waals surface area contributed by atoms with Crippen molar-refractivity contribution in [2.45, 2.75) is 45.4 Å². The van der Waals surface area contributed by atoms with Crippen LogP contribution in [0.5, 0.6) is 0 Å². The van der Waals surface area contributed by atoms with Crippen molar-refractivity contribution < 1.29 is 0 Å². The topological polar surface area (TPSA) is 36.1 Å². The zero-order valence-electron chi connectivity index (χ0n) is 11.7. The summed E-state index contributed by atoms with van der Waals surface area (Å²) >= 11 is 5.19. The van der Waals surface area contributed by atoms with Crippen molar-refractivity contribution in [1.82, 2.24) is 10.7 Å². The monoisotopic (exact) mass is 279 g/mol. The zero-order chi connectivity index (χ0) is 13.8. The molecule has 0 aliphatic carbocycles. The molecule has 4 heteroatoms. The maximum atomic E-state index is 5.19. The van der Waals surface area contributed by atoms with Gasteiger partial charge < -0.3 is 5.32 Å². The highest BCUT2D eigenvalue weighted by molar-refractivity contribution is 7.80. The van der Waals surface area contributed by atoms with Gasteiger partial charge in [0.05, 0.1) is 5.69 Å². The summed E-state index contributed by atoms with van der Waals surface area (Å²) in [5, 5.41) is 3.85. The van der Waals surface area contributed by atoms with Gasteiger partial charge in [0.25, 0.3) is 0 Å². The fraction of sp³-hybridized carbons (Fsp3) is 0.533. The van der Waals surface area contributed by atoms with E-state index in [0.717, 1.165) is 12.2 Å². The van der Waals surface area contributed by atoms with Crippen molar-refractivity contribution in [2.75, 3.05) is 12.0 Å². The van der Waals surface area contributed by atoms with Gasteiger partial charge in [0.1, 0.15) is 0 Å². The van der Waals surface area contributed by atoms with Crippen LogP contribution in [-0.2, 0) is 0 Å². The normalized spacial score (nSPS) is 9.95. The fourth-order valence-corrected chi connectivity index (χ4v) is 1.95. The zero-order valence-corrected chi connectivity index (χ0v) is 12.6. The molecule has 0 saturated carbocycles. The Morgan fingerprint density at radius 1 is 1.00 bits per heavy atom. The molecule has 106 valence electrons. The smallest absolute Gasteiger partial charge is 0.185 e. The van der Waals surface area contributed by atoms with Gasteiger partial charge in [-0.25, -0.2) is 0 Å². The van der Waals surface area contributed by atoms with Crippen LogP contribution in [0.3, 0.4) is 0 Å². The van der Waals surface area contributed by atoms with E-state index in [0.29, 0.717) is 5.11 Å². The molecule has 3 nitrogen and oxygen atoms in total. The number of para-hydroxylation sites is 1. The lowest BCUT2D eigenvalue weighted by Crippen LogP contribution is -2.39. The van der Waals surface area contributed by atoms with Gasteiger partial charge in [-0.15, -0.1) is 0 Å². The Bertz CT molecular complexity index is 341. The van der Waals surface area contributed by atoms with E-state index in [1.54, 1.807) is 0 Å². The number of hydrogen-bond acceptors (Lipinski definition) is 2. The van der Waals surface area contributed by atoms with Crippen LogP contribution >= 0.6 is 12.2 Å². The molecule has 0 heterocycles. The average molecular weight is 279 g/mol. The predicted octanol–water partition coefficient (Wildman–Crippen LogP) is 3.84. The number of anilines is 1. The second kappa shape index (κ2) is 10.6. The molecule has 3 N–H and O–H groups in total. The molecule has 0 atom stereocenters. The Morgan fingerprint density at radius 2 is 1.68 bits per heavy atom. The lowest BCUT2D eigenvalue weighted by atomic mass is 10.1. The van der Waals surface area contributed by atoms with E-state index in [2.05, 4.69) is 23.1 Å². The van der Waals surface area contributed by atoms with E-state index in [4.69, 9.17) is 12.2 Å². The van der Waals surface area contributed by atoms with Gasteiger partial charge in [-0.3, -0.25) is 10.9 Å². The molecule has 0 aliphatic rings. The Morgan fingerprint density at radius 3 is 2.42 bits per heavy atom. The minimum Gasteiger partial charge on any atom is -0.361 e. The number of rotatable bonds is 9. The summed E-state index contributed by atoms with van der Waals surface area (Å²) in [5.74, 6) is 0. The molecule has 0 saturated heterocycles. The van der Waals surface area contributed by atoms with Gasteiger partial charge in [0.2, 0.25) is 0 Å². The lowest BCUT2D eigenvalue weighted by molar-refractivity contribution is 0.601. The summed E-state index contributed by atoms with van der Waals surface area (Å²) in [6.07, 6.45) is 7.80. The van der Waals surface area contributed by atoms with Crippen molar-refractivity contribution in [2.24, 2.45) is 0 Å². The van der Waals surface area contributed by atoms with Crippen LogP contribution < -0.4 is 16.2 Å². The van der Waals surface area contributed by atoms with Crippen molar-refractivity contribution in [3.05, 3.63) is 30.3 Å². The van der Waals surface area contributed by atoms with Crippen LogP contribution in [0.2, 0.25) is 0 Å². The molecule has 0 radical (unpaired) electrons. The van der Waals surface area contributed by atoms with Crippen molar-refractivity contribution in [3.8, 4) is 0 Å². The largest absolute Gasteiger partial charge is 0.361 e. The molecule has 0 spiro atoms. The number of nitrogens with one attached hydrogen (secondary N) is 3. The van der Waals surface area contributed by atoms with Gasteiger partial charge in [-0.05, 0) is 30.8 Å². The first kappa shape index (κ1) is 15.8. The van der Waals surface area contributed by atoms with E-state index in [9.17, 15) is 0 Å². The maximum Gasteiger partial charge on any atom is 0.185 e. The van der Waals surface area contributed by atoms with Gasteiger partial charge in [0, 0.05) is 6.54 Å². The molecule has 0 amide bonds. The van der Waals surface area contributed by atoms with Gasteiger partial charge in [-0.2, -0.15) is 0 Å². The van der Waals surface area contributed by atoms with E-state index >= 15 is 0 Å². The maximum absolute atomic E-state index is 5.19. The van der Waals surface area contributed by atoms with Crippen LogP contribution in [0.25, 0.3) is 0 Å². The summed E-state index contributed by atoms with van der Waals surface area (Å²) in [7, 11) is 0. The third-order valence-electron chi connectivity index (χ3n) is 2.91. The van der Waals surface area contributed by atoms with Crippen molar-refractivity contribution >= 4 is 23.0 Å². The molecule has 1 aromatic rings. The van der Waals surface area contributed by atoms with Gasteiger partial charge in [0.15, 0.2) is 5.11 Å². The number of thiocarbonyl (C=S) groups is 1. The summed E-state index contributed by atoms with van der Waals surface area (Å²) in [6, 6.07) is 9.93. The van der Waals surface area contributed by atoms with Crippen LogP contribution in [0.15, 0.2) is 30.3 Å². The van der Waals surface area contributed by atoms with Crippen LogP contribution in [0.1, 0.15) is 45.4 Å². The summed E-state index contributed by atoms with van der Waals surface area (Å²) in [4.78, 5) is 0. The second-order valence-corrected chi connectivity index (χ2v) is 5.05. The van der Waals surface area contributed by atoms with Crippen LogP contribution in [0, 0.1) is 0 Å². The first-order valence-corrected chi connectivity index (χ1v) is 7.58. The SMILES string of the molecule is CCCCCCCCNC(=S)NNc1ccccc1. The number of hydrazine groups is 1. The molecule has 0 unspecified atom stereocenters. The van der Waals surface area contributed by atoms with Crippen molar-refractivity contribution in [3.63, 3.8) is 0 Å². The Labute approximate surface area is 122 Å². The standard InChI is InChI=1S/C15H25N3S/c1-2-3-4-5-6-10-13-16-15(19)18-17-14-11-8-7-9-12-14/h7-9,11-12,17H,2-6,10,13H2,1H3,(H2,16,18,19). The molecule has 1 aromatic carbocycles. The molecule has 0 fully saturated rings. The van der Waals surface area contributed by atoms with E-state index < -0.39 is 0 Å². The quantitative estimate of drug-likeness (QED) is 0.365. The molecule has 0 aliphatic heterocycles. The second-order valence-electron chi connectivity index (χ2n) is 4.64. The van der Waals surface area contributed by atoms with Crippen LogP contribution in [-0.4, -0.2) is 11.7 Å². The van der Waals surface area contributed by atoms with Crippen LogP contribution in [0.4, 0.5) is 5.69 Å². The van der Waals surface area contributed by atoms with E-state index in [1.165, 1.54) is 38.5 Å². The Balaban J connectivity index is 1.96. The first-order valence-electron chi connectivity index (χ1n) is 7.18. The lowest BCUT2D eigenvalue weighted by Gasteiger charge is -2.12. The third-order valence-corrected chi connectivity index (χ3v) is 3.16. The Kier molecular flexibility index (Phi) is 8.81. The highest BCUT2D eigenvalue weighted by Crippen LogP contribution is 2.04. The minimum absolute atomic E-state index is 0.650. The highest BCUT2D eigenvalue weighted by Gasteiger charge is 1.95. The molecular weight excluding hydrogens is 254 g/mol. The minimum atomic E-state index is 0.650. The first-order chi connectivity index (χ1) is 9.33. The van der Waals surface area contributed by atoms with Gasteiger partial charge in [-0.1, -0.05) is 57.2 Å². The Hall–Kier alpha value is -1.29. The summed E-state index contributed by atoms with van der Waals surface area (Å²) in [6.45, 7) is 3.18. The number of hydrogen-bond donors (Lipinski definition) is 3. The average Bonchev–Trinajstić information content (AvgIpc) is 2.45.